The molecule has 2 heterocycles. The monoisotopic (exact) mass is 295 g/mol. The van der Waals surface area contributed by atoms with Crippen molar-refractivity contribution < 1.29 is 12.9 Å². The third-order valence-electron chi connectivity index (χ3n) is 2.54. The van der Waals surface area contributed by atoms with Crippen LogP contribution in [-0.2, 0) is 16.6 Å². The van der Waals surface area contributed by atoms with E-state index in [0.29, 0.717) is 11.5 Å². The molecule has 0 fully saturated rings. The molecule has 0 radical (unpaired) electrons. The molecule has 0 unspecified atom stereocenters. The normalized spacial score (nSPS) is 11.9. The summed E-state index contributed by atoms with van der Waals surface area (Å²) in [6.07, 6.45) is 3.34. The highest BCUT2D eigenvalue weighted by Crippen LogP contribution is 2.17. The minimum Gasteiger partial charge on any atom is -0.359 e. The van der Waals surface area contributed by atoms with Crippen LogP contribution in [0.15, 0.2) is 35.1 Å². The Labute approximate surface area is 118 Å². The minimum absolute atomic E-state index is 0.0770. The van der Waals surface area contributed by atoms with Gasteiger partial charge >= 0.3 is 0 Å². The van der Waals surface area contributed by atoms with Crippen LogP contribution < -0.4 is 4.72 Å². The van der Waals surface area contributed by atoms with E-state index < -0.39 is 10.0 Å². The Balaban J connectivity index is 2.01. The van der Waals surface area contributed by atoms with Gasteiger partial charge in [-0.1, -0.05) is 19.0 Å². The Bertz CT molecular complexity index is 651. The van der Waals surface area contributed by atoms with E-state index >= 15 is 0 Å². The summed E-state index contributed by atoms with van der Waals surface area (Å²) in [5.74, 6) is 0.640. The first kappa shape index (κ1) is 14.7. The predicted octanol–water partition coefficient (Wildman–Crippen LogP) is 1.81. The van der Waals surface area contributed by atoms with Gasteiger partial charge in [-0.2, -0.15) is 0 Å². The van der Waals surface area contributed by atoms with Crippen LogP contribution in [0.5, 0.6) is 0 Å². The van der Waals surface area contributed by atoms with Crippen LogP contribution in [0.3, 0.4) is 0 Å². The summed E-state index contributed by atoms with van der Waals surface area (Å²) >= 11 is 0. The number of rotatable bonds is 6. The standard InChI is InChI=1S/C13H17N3O3S/c1-10(2)9-20(17,18)15-8-12-6-13(16-19-12)11-4-3-5-14-7-11/h3-7,10,15H,8-9H2,1-2H3. The van der Waals surface area contributed by atoms with Crippen LogP contribution in [0.4, 0.5) is 0 Å². The highest BCUT2D eigenvalue weighted by molar-refractivity contribution is 7.89. The van der Waals surface area contributed by atoms with Gasteiger partial charge in [0.2, 0.25) is 10.0 Å². The first-order valence-corrected chi connectivity index (χ1v) is 7.95. The van der Waals surface area contributed by atoms with Crippen molar-refractivity contribution in [3.05, 3.63) is 36.4 Å². The van der Waals surface area contributed by atoms with Crippen LogP contribution in [-0.4, -0.2) is 24.3 Å². The molecule has 0 aromatic carbocycles. The van der Waals surface area contributed by atoms with Gasteiger partial charge in [0, 0.05) is 24.0 Å². The van der Waals surface area contributed by atoms with E-state index in [2.05, 4.69) is 14.9 Å². The van der Waals surface area contributed by atoms with Crippen molar-refractivity contribution in [1.29, 1.82) is 0 Å². The molecule has 0 bridgehead atoms. The summed E-state index contributed by atoms with van der Waals surface area (Å²) in [5.41, 5.74) is 1.46. The molecular weight excluding hydrogens is 278 g/mol. The number of nitrogens with zero attached hydrogens (tertiary/aromatic N) is 2. The van der Waals surface area contributed by atoms with Crippen molar-refractivity contribution >= 4 is 10.0 Å². The first-order chi connectivity index (χ1) is 9.46. The second kappa shape index (κ2) is 6.15. The van der Waals surface area contributed by atoms with E-state index in [9.17, 15) is 8.42 Å². The van der Waals surface area contributed by atoms with Gasteiger partial charge in [0.25, 0.3) is 0 Å². The maximum atomic E-state index is 11.7. The Hall–Kier alpha value is -1.73. The zero-order chi connectivity index (χ0) is 14.6. The molecule has 0 aliphatic heterocycles. The molecule has 20 heavy (non-hydrogen) atoms. The Morgan fingerprint density at radius 1 is 1.40 bits per heavy atom. The first-order valence-electron chi connectivity index (χ1n) is 6.29. The molecule has 2 aromatic heterocycles. The fourth-order valence-electron chi connectivity index (χ4n) is 1.73. The second-order valence-electron chi connectivity index (χ2n) is 4.92. The Kier molecular flexibility index (Phi) is 4.51. The maximum absolute atomic E-state index is 11.7. The molecule has 0 saturated heterocycles. The lowest BCUT2D eigenvalue weighted by Gasteiger charge is -2.06. The quantitative estimate of drug-likeness (QED) is 0.878. The smallest absolute Gasteiger partial charge is 0.212 e. The Morgan fingerprint density at radius 2 is 2.20 bits per heavy atom. The molecule has 0 atom stereocenters. The molecule has 108 valence electrons. The van der Waals surface area contributed by atoms with Crippen molar-refractivity contribution in [3.63, 3.8) is 0 Å². The molecular formula is C13H17N3O3S. The molecule has 0 spiro atoms. The van der Waals surface area contributed by atoms with E-state index in [1.165, 1.54) is 0 Å². The van der Waals surface area contributed by atoms with Crippen LogP contribution in [0.1, 0.15) is 19.6 Å². The van der Waals surface area contributed by atoms with E-state index in [4.69, 9.17) is 4.52 Å². The summed E-state index contributed by atoms with van der Waals surface area (Å²) in [6, 6.07) is 5.36. The summed E-state index contributed by atoms with van der Waals surface area (Å²) in [4.78, 5) is 4.00. The molecule has 2 rings (SSSR count). The van der Waals surface area contributed by atoms with Crippen LogP contribution in [0, 0.1) is 5.92 Å². The molecule has 1 N–H and O–H groups in total. The largest absolute Gasteiger partial charge is 0.359 e. The molecule has 0 amide bonds. The van der Waals surface area contributed by atoms with E-state index in [1.807, 2.05) is 19.9 Å². The molecule has 0 aliphatic rings. The highest BCUT2D eigenvalue weighted by atomic mass is 32.2. The predicted molar refractivity (Wildman–Crippen MR) is 75.2 cm³/mol. The summed E-state index contributed by atoms with van der Waals surface area (Å²) < 4.78 is 31.0. The number of aromatic nitrogens is 2. The molecule has 0 aliphatic carbocycles. The summed E-state index contributed by atoms with van der Waals surface area (Å²) in [6.45, 7) is 3.81. The van der Waals surface area contributed by atoms with Crippen molar-refractivity contribution in [1.82, 2.24) is 14.9 Å². The van der Waals surface area contributed by atoms with E-state index in [1.54, 1.807) is 24.5 Å². The van der Waals surface area contributed by atoms with Crippen LogP contribution in [0.25, 0.3) is 11.3 Å². The summed E-state index contributed by atoms with van der Waals surface area (Å²) in [5, 5.41) is 3.90. The maximum Gasteiger partial charge on any atom is 0.212 e. The average Bonchev–Trinajstić information content (AvgIpc) is 2.85. The average molecular weight is 295 g/mol. The van der Waals surface area contributed by atoms with Gasteiger partial charge in [0.15, 0.2) is 5.76 Å². The van der Waals surface area contributed by atoms with Crippen LogP contribution >= 0.6 is 0 Å². The van der Waals surface area contributed by atoms with Gasteiger partial charge in [0.1, 0.15) is 5.69 Å². The molecule has 2 aromatic rings. The van der Waals surface area contributed by atoms with Crippen molar-refractivity contribution in [2.24, 2.45) is 5.92 Å². The van der Waals surface area contributed by atoms with Gasteiger partial charge in [0.05, 0.1) is 12.3 Å². The lowest BCUT2D eigenvalue weighted by Crippen LogP contribution is -2.27. The molecule has 7 heteroatoms. The lowest BCUT2D eigenvalue weighted by atomic mass is 10.2. The van der Waals surface area contributed by atoms with Gasteiger partial charge in [-0.05, 0) is 18.1 Å². The number of sulfonamides is 1. The minimum atomic E-state index is -3.28. The SMILES string of the molecule is CC(C)CS(=O)(=O)NCc1cc(-c2cccnc2)no1. The lowest BCUT2D eigenvalue weighted by molar-refractivity contribution is 0.382. The highest BCUT2D eigenvalue weighted by Gasteiger charge is 2.14. The van der Waals surface area contributed by atoms with Crippen molar-refractivity contribution in [2.75, 3.05) is 5.75 Å². The van der Waals surface area contributed by atoms with Gasteiger partial charge < -0.3 is 4.52 Å². The fourth-order valence-corrected chi connectivity index (χ4v) is 3.08. The summed E-state index contributed by atoms with van der Waals surface area (Å²) in [7, 11) is -3.28. The fraction of sp³-hybridized carbons (Fsp3) is 0.385. The van der Waals surface area contributed by atoms with Crippen molar-refractivity contribution in [3.8, 4) is 11.3 Å². The number of hydrogen-bond donors (Lipinski definition) is 1. The third kappa shape index (κ3) is 4.14. The molecule has 0 saturated carbocycles. The third-order valence-corrected chi connectivity index (χ3v) is 4.22. The number of hydrogen-bond acceptors (Lipinski definition) is 5. The van der Waals surface area contributed by atoms with Crippen molar-refractivity contribution in [2.45, 2.75) is 20.4 Å². The zero-order valence-corrected chi connectivity index (χ0v) is 12.2. The van der Waals surface area contributed by atoms with Crippen LogP contribution in [0.2, 0.25) is 0 Å². The van der Waals surface area contributed by atoms with E-state index in [-0.39, 0.29) is 18.2 Å². The van der Waals surface area contributed by atoms with E-state index in [0.717, 1.165) is 5.56 Å². The number of nitrogens with one attached hydrogen (secondary N) is 1. The molecule has 6 nitrogen and oxygen atoms in total. The second-order valence-corrected chi connectivity index (χ2v) is 6.77. The van der Waals surface area contributed by atoms with Gasteiger partial charge in [-0.3, -0.25) is 4.98 Å². The van der Waals surface area contributed by atoms with Gasteiger partial charge in [-0.25, -0.2) is 13.1 Å². The van der Waals surface area contributed by atoms with Gasteiger partial charge in [-0.15, -0.1) is 0 Å². The zero-order valence-electron chi connectivity index (χ0n) is 11.4. The number of pyridine rings is 1. The Morgan fingerprint density at radius 3 is 2.85 bits per heavy atom. The topological polar surface area (TPSA) is 85.1 Å².